The van der Waals surface area contributed by atoms with Crippen molar-refractivity contribution in [3.63, 3.8) is 0 Å². The highest BCUT2D eigenvalue weighted by atomic mass is 79.9. The van der Waals surface area contributed by atoms with Gasteiger partial charge in [0.1, 0.15) is 5.75 Å². The van der Waals surface area contributed by atoms with Crippen molar-refractivity contribution in [1.82, 2.24) is 0 Å². The maximum Gasteiger partial charge on any atom is 0.392 e. The monoisotopic (exact) mass is 313 g/mol. The second-order valence-corrected chi connectivity index (χ2v) is 3.94. The van der Waals surface area contributed by atoms with Gasteiger partial charge in [0.25, 0.3) is 5.69 Å². The zero-order chi connectivity index (χ0) is 13.1. The molecule has 0 saturated carbocycles. The summed E-state index contributed by atoms with van der Waals surface area (Å²) in [6.07, 6.45) is -5.35. The maximum absolute atomic E-state index is 11.8. The van der Waals surface area contributed by atoms with Crippen molar-refractivity contribution >= 4 is 21.6 Å². The van der Waals surface area contributed by atoms with Crippen molar-refractivity contribution in [3.05, 3.63) is 32.8 Å². The predicted octanol–water partition coefficient (Wildman–Crippen LogP) is 3.69. The van der Waals surface area contributed by atoms with Crippen LogP contribution in [0.3, 0.4) is 0 Å². The van der Waals surface area contributed by atoms with Crippen LogP contribution in [0.25, 0.3) is 0 Å². The SMILES string of the molecule is O=[N+]([O-])c1ccc(OCCC(F)(F)F)cc1Br. The fraction of sp³-hybridized carbons (Fsp3) is 0.333. The minimum Gasteiger partial charge on any atom is -0.493 e. The molecule has 0 fully saturated rings. The lowest BCUT2D eigenvalue weighted by Gasteiger charge is -2.08. The van der Waals surface area contributed by atoms with Gasteiger partial charge in [-0.25, -0.2) is 0 Å². The Labute approximate surface area is 103 Å². The Kier molecular flexibility index (Phi) is 4.33. The molecular formula is C9H7BrF3NO3. The van der Waals surface area contributed by atoms with E-state index >= 15 is 0 Å². The van der Waals surface area contributed by atoms with Gasteiger partial charge in [-0.05, 0) is 22.0 Å². The quantitative estimate of drug-likeness (QED) is 0.629. The van der Waals surface area contributed by atoms with Crippen LogP contribution in [0.4, 0.5) is 18.9 Å². The predicted molar refractivity (Wildman–Crippen MR) is 57.0 cm³/mol. The van der Waals surface area contributed by atoms with Crippen LogP contribution in [0.2, 0.25) is 0 Å². The van der Waals surface area contributed by atoms with Gasteiger partial charge in [-0.3, -0.25) is 10.1 Å². The van der Waals surface area contributed by atoms with E-state index in [1.54, 1.807) is 0 Å². The van der Waals surface area contributed by atoms with Crippen LogP contribution >= 0.6 is 15.9 Å². The summed E-state index contributed by atoms with van der Waals surface area (Å²) in [6.45, 7) is -0.520. The number of rotatable bonds is 4. The van der Waals surface area contributed by atoms with Crippen molar-refractivity contribution in [2.45, 2.75) is 12.6 Å². The number of halogens is 4. The highest BCUT2D eigenvalue weighted by Crippen LogP contribution is 2.29. The minimum absolute atomic E-state index is 0.145. The summed E-state index contributed by atoms with van der Waals surface area (Å²) in [4.78, 5) is 9.86. The van der Waals surface area contributed by atoms with Gasteiger partial charge in [0.15, 0.2) is 0 Å². The van der Waals surface area contributed by atoms with Gasteiger partial charge < -0.3 is 4.74 Å². The molecule has 0 spiro atoms. The molecule has 0 N–H and O–H groups in total. The number of hydrogen-bond acceptors (Lipinski definition) is 3. The third-order valence-electron chi connectivity index (χ3n) is 1.77. The third-order valence-corrected chi connectivity index (χ3v) is 2.41. The zero-order valence-electron chi connectivity index (χ0n) is 8.33. The summed E-state index contributed by atoms with van der Waals surface area (Å²) >= 11 is 2.94. The fourth-order valence-electron chi connectivity index (χ4n) is 1.01. The third kappa shape index (κ3) is 4.59. The molecule has 0 aromatic heterocycles. The van der Waals surface area contributed by atoms with E-state index in [9.17, 15) is 23.3 Å². The molecule has 1 aromatic carbocycles. The van der Waals surface area contributed by atoms with Gasteiger partial charge in [0, 0.05) is 12.1 Å². The molecule has 94 valence electrons. The molecule has 0 saturated heterocycles. The number of ether oxygens (including phenoxy) is 1. The molecule has 0 bridgehead atoms. The van der Waals surface area contributed by atoms with E-state index in [1.807, 2.05) is 0 Å². The Morgan fingerprint density at radius 3 is 2.53 bits per heavy atom. The van der Waals surface area contributed by atoms with E-state index in [0.29, 0.717) is 0 Å². The van der Waals surface area contributed by atoms with Gasteiger partial charge in [-0.2, -0.15) is 13.2 Å². The van der Waals surface area contributed by atoms with Crippen LogP contribution in [-0.4, -0.2) is 17.7 Å². The smallest absolute Gasteiger partial charge is 0.392 e. The Morgan fingerprint density at radius 1 is 1.41 bits per heavy atom. The molecule has 0 aliphatic heterocycles. The summed E-state index contributed by atoms with van der Waals surface area (Å²) in [5, 5.41) is 10.5. The Balaban J connectivity index is 2.62. The standard InChI is InChI=1S/C9H7BrF3NO3/c10-7-5-6(1-2-8(7)14(15)16)17-4-3-9(11,12)13/h1-2,5H,3-4H2. The van der Waals surface area contributed by atoms with Crippen molar-refractivity contribution in [2.24, 2.45) is 0 Å². The molecule has 0 aliphatic carbocycles. The molecule has 1 aromatic rings. The summed E-state index contributed by atoms with van der Waals surface area (Å²) in [6, 6.07) is 3.67. The van der Waals surface area contributed by atoms with Crippen LogP contribution in [-0.2, 0) is 0 Å². The number of nitro benzene ring substituents is 1. The number of benzene rings is 1. The van der Waals surface area contributed by atoms with Crippen LogP contribution in [0.5, 0.6) is 5.75 Å². The molecule has 0 amide bonds. The van der Waals surface area contributed by atoms with E-state index < -0.39 is 24.1 Å². The molecule has 0 heterocycles. The van der Waals surface area contributed by atoms with Crippen molar-refractivity contribution in [3.8, 4) is 5.75 Å². The summed E-state index contributed by atoms with van der Waals surface area (Å²) in [7, 11) is 0. The minimum atomic E-state index is -4.28. The van der Waals surface area contributed by atoms with Gasteiger partial charge in [0.05, 0.1) is 22.4 Å². The first-order valence-electron chi connectivity index (χ1n) is 4.43. The molecule has 0 aliphatic rings. The van der Waals surface area contributed by atoms with Gasteiger partial charge >= 0.3 is 6.18 Å². The summed E-state index contributed by atoms with van der Waals surface area (Å²) in [5.41, 5.74) is -0.173. The lowest BCUT2D eigenvalue weighted by Crippen LogP contribution is -2.13. The molecule has 1 rings (SSSR count). The van der Waals surface area contributed by atoms with Gasteiger partial charge in [-0.1, -0.05) is 0 Å². The number of alkyl halides is 3. The number of hydrogen-bond donors (Lipinski definition) is 0. The summed E-state index contributed by atoms with van der Waals surface area (Å²) in [5.74, 6) is 0.145. The van der Waals surface area contributed by atoms with E-state index in [0.717, 1.165) is 6.07 Å². The first-order chi connectivity index (χ1) is 7.79. The molecule has 0 atom stereocenters. The molecule has 0 unspecified atom stereocenters. The van der Waals surface area contributed by atoms with E-state index in [2.05, 4.69) is 15.9 Å². The van der Waals surface area contributed by atoms with E-state index in [1.165, 1.54) is 12.1 Å². The normalized spacial score (nSPS) is 11.3. The Bertz CT molecular complexity index is 422. The highest BCUT2D eigenvalue weighted by Gasteiger charge is 2.26. The largest absolute Gasteiger partial charge is 0.493 e. The Hall–Kier alpha value is -1.31. The average Bonchev–Trinajstić information content (AvgIpc) is 2.15. The lowest BCUT2D eigenvalue weighted by atomic mass is 10.3. The van der Waals surface area contributed by atoms with E-state index in [-0.39, 0.29) is 15.9 Å². The first kappa shape index (κ1) is 13.8. The maximum atomic E-state index is 11.8. The lowest BCUT2D eigenvalue weighted by molar-refractivity contribution is -0.385. The second-order valence-electron chi connectivity index (χ2n) is 3.08. The van der Waals surface area contributed by atoms with E-state index in [4.69, 9.17) is 4.74 Å². The van der Waals surface area contributed by atoms with Crippen LogP contribution < -0.4 is 4.74 Å². The average molecular weight is 314 g/mol. The first-order valence-corrected chi connectivity index (χ1v) is 5.22. The fourth-order valence-corrected chi connectivity index (χ4v) is 1.51. The summed E-state index contributed by atoms with van der Waals surface area (Å²) < 4.78 is 40.5. The van der Waals surface area contributed by atoms with Gasteiger partial charge in [0.2, 0.25) is 0 Å². The van der Waals surface area contributed by atoms with Crippen LogP contribution in [0, 0.1) is 10.1 Å². The second kappa shape index (κ2) is 5.35. The Morgan fingerprint density at radius 2 is 2.06 bits per heavy atom. The highest BCUT2D eigenvalue weighted by molar-refractivity contribution is 9.10. The number of nitro groups is 1. The van der Waals surface area contributed by atoms with Crippen molar-refractivity contribution in [2.75, 3.05) is 6.61 Å². The molecule has 0 radical (unpaired) electrons. The molecule has 17 heavy (non-hydrogen) atoms. The van der Waals surface area contributed by atoms with Crippen LogP contribution in [0.1, 0.15) is 6.42 Å². The van der Waals surface area contributed by atoms with Crippen molar-refractivity contribution in [1.29, 1.82) is 0 Å². The number of nitrogens with zero attached hydrogens (tertiary/aromatic N) is 1. The topological polar surface area (TPSA) is 52.4 Å². The molecule has 4 nitrogen and oxygen atoms in total. The zero-order valence-corrected chi connectivity index (χ0v) is 9.92. The van der Waals surface area contributed by atoms with Crippen LogP contribution in [0.15, 0.2) is 22.7 Å². The van der Waals surface area contributed by atoms with Gasteiger partial charge in [-0.15, -0.1) is 0 Å². The van der Waals surface area contributed by atoms with Crippen molar-refractivity contribution < 1.29 is 22.8 Å². The molecular weight excluding hydrogens is 307 g/mol. The molecule has 8 heteroatoms.